The molecule has 0 aliphatic carbocycles. The standard InChI is InChI=1S/C22H25N3O3/c1-2-25-14-12-18-15-19(10-11-20(18)25)24-21(26)9-6-13-23-22(27)28-16-17-7-4-3-5-8-17/h3-5,7-8,10-12,14-15H,2,6,9,13,16H2,1H3,(H,23,27)(H,24,26). The smallest absolute Gasteiger partial charge is 0.407 e. The van der Waals surface area contributed by atoms with E-state index in [9.17, 15) is 9.59 Å². The third-order valence-corrected chi connectivity index (χ3v) is 4.46. The Labute approximate surface area is 164 Å². The number of hydrogen-bond acceptors (Lipinski definition) is 3. The lowest BCUT2D eigenvalue weighted by Gasteiger charge is -2.08. The van der Waals surface area contributed by atoms with Crippen molar-refractivity contribution in [3.8, 4) is 0 Å². The second-order valence-electron chi connectivity index (χ2n) is 6.52. The fourth-order valence-electron chi connectivity index (χ4n) is 2.99. The van der Waals surface area contributed by atoms with Crippen LogP contribution in [0.1, 0.15) is 25.3 Å². The Morgan fingerprint density at radius 2 is 1.89 bits per heavy atom. The van der Waals surface area contributed by atoms with Gasteiger partial charge in [0.1, 0.15) is 6.61 Å². The Morgan fingerprint density at radius 1 is 1.07 bits per heavy atom. The Hall–Kier alpha value is -3.28. The predicted molar refractivity (Wildman–Crippen MR) is 110 cm³/mol. The molecule has 0 fully saturated rings. The van der Waals surface area contributed by atoms with Gasteiger partial charge in [-0.25, -0.2) is 4.79 Å². The first-order chi connectivity index (χ1) is 13.7. The molecule has 0 saturated heterocycles. The fraction of sp³-hybridized carbons (Fsp3) is 0.273. The van der Waals surface area contributed by atoms with Crippen LogP contribution in [0.4, 0.5) is 10.5 Å². The van der Waals surface area contributed by atoms with Gasteiger partial charge in [-0.2, -0.15) is 0 Å². The highest BCUT2D eigenvalue weighted by Crippen LogP contribution is 2.20. The number of nitrogens with zero attached hydrogens (tertiary/aromatic N) is 1. The predicted octanol–water partition coefficient (Wildman–Crippen LogP) is 4.31. The van der Waals surface area contributed by atoms with Gasteiger partial charge in [-0.3, -0.25) is 4.79 Å². The van der Waals surface area contributed by atoms with Gasteiger partial charge < -0.3 is 19.9 Å². The molecule has 0 aliphatic rings. The molecular weight excluding hydrogens is 354 g/mol. The molecule has 6 nitrogen and oxygen atoms in total. The van der Waals surface area contributed by atoms with E-state index in [2.05, 4.69) is 22.1 Å². The highest BCUT2D eigenvalue weighted by atomic mass is 16.5. The third-order valence-electron chi connectivity index (χ3n) is 4.46. The van der Waals surface area contributed by atoms with Crippen LogP contribution in [0.3, 0.4) is 0 Å². The van der Waals surface area contributed by atoms with Gasteiger partial charge in [0.05, 0.1) is 0 Å². The molecule has 6 heteroatoms. The topological polar surface area (TPSA) is 72.4 Å². The number of ether oxygens (including phenoxy) is 1. The van der Waals surface area contributed by atoms with Gasteiger partial charge in [-0.1, -0.05) is 30.3 Å². The quantitative estimate of drug-likeness (QED) is 0.573. The van der Waals surface area contributed by atoms with Crippen LogP contribution < -0.4 is 10.6 Å². The van der Waals surface area contributed by atoms with E-state index in [1.54, 1.807) is 0 Å². The van der Waals surface area contributed by atoms with E-state index in [0.29, 0.717) is 19.4 Å². The molecule has 0 aliphatic heterocycles. The Morgan fingerprint density at radius 3 is 2.68 bits per heavy atom. The summed E-state index contributed by atoms with van der Waals surface area (Å²) >= 11 is 0. The van der Waals surface area contributed by atoms with E-state index < -0.39 is 6.09 Å². The molecule has 2 aromatic carbocycles. The summed E-state index contributed by atoms with van der Waals surface area (Å²) in [5.74, 6) is -0.0753. The van der Waals surface area contributed by atoms with Gasteiger partial charge in [0, 0.05) is 42.3 Å². The molecule has 28 heavy (non-hydrogen) atoms. The zero-order valence-corrected chi connectivity index (χ0v) is 16.0. The van der Waals surface area contributed by atoms with Crippen molar-refractivity contribution in [1.82, 2.24) is 9.88 Å². The van der Waals surface area contributed by atoms with Gasteiger partial charge in [-0.05, 0) is 43.2 Å². The number of hydrogen-bond donors (Lipinski definition) is 2. The van der Waals surface area contributed by atoms with Crippen LogP contribution in [0.25, 0.3) is 10.9 Å². The number of anilines is 1. The first-order valence-corrected chi connectivity index (χ1v) is 9.49. The van der Waals surface area contributed by atoms with Crippen LogP contribution in [-0.4, -0.2) is 23.1 Å². The summed E-state index contributed by atoms with van der Waals surface area (Å²) in [6, 6.07) is 17.4. The second-order valence-corrected chi connectivity index (χ2v) is 6.52. The number of aryl methyl sites for hydroxylation is 1. The number of amides is 2. The van der Waals surface area contributed by atoms with Crippen molar-refractivity contribution in [2.75, 3.05) is 11.9 Å². The molecule has 0 saturated carbocycles. The highest BCUT2D eigenvalue weighted by molar-refractivity contribution is 5.93. The first-order valence-electron chi connectivity index (χ1n) is 9.49. The Bertz CT molecular complexity index is 935. The summed E-state index contributed by atoms with van der Waals surface area (Å²) in [6.45, 7) is 3.63. The largest absolute Gasteiger partial charge is 0.445 e. The van der Waals surface area contributed by atoms with Crippen molar-refractivity contribution in [1.29, 1.82) is 0 Å². The number of fused-ring (bicyclic) bond motifs is 1. The van der Waals surface area contributed by atoms with E-state index in [1.807, 2.05) is 60.8 Å². The molecule has 0 radical (unpaired) electrons. The van der Waals surface area contributed by atoms with Gasteiger partial charge >= 0.3 is 6.09 Å². The molecular formula is C22H25N3O3. The van der Waals surface area contributed by atoms with Crippen molar-refractivity contribution in [2.24, 2.45) is 0 Å². The summed E-state index contributed by atoms with van der Waals surface area (Å²) in [7, 11) is 0. The molecule has 0 unspecified atom stereocenters. The van der Waals surface area contributed by atoms with Crippen molar-refractivity contribution < 1.29 is 14.3 Å². The molecule has 1 heterocycles. The maximum absolute atomic E-state index is 12.1. The molecule has 1 aromatic heterocycles. The van der Waals surface area contributed by atoms with Crippen LogP contribution >= 0.6 is 0 Å². The summed E-state index contributed by atoms with van der Waals surface area (Å²) in [5, 5.41) is 6.67. The SMILES string of the molecule is CCn1ccc2cc(NC(=O)CCCNC(=O)OCc3ccccc3)ccc21. The van der Waals surface area contributed by atoms with E-state index >= 15 is 0 Å². The van der Waals surface area contributed by atoms with Crippen molar-refractivity contribution in [3.05, 3.63) is 66.4 Å². The van der Waals surface area contributed by atoms with Crippen LogP contribution in [0.15, 0.2) is 60.8 Å². The maximum Gasteiger partial charge on any atom is 0.407 e. The molecule has 0 atom stereocenters. The number of rotatable bonds is 8. The molecule has 3 rings (SSSR count). The maximum atomic E-state index is 12.1. The van der Waals surface area contributed by atoms with Crippen LogP contribution in [0, 0.1) is 0 Å². The van der Waals surface area contributed by atoms with Crippen LogP contribution in [0.5, 0.6) is 0 Å². The average molecular weight is 379 g/mol. The Balaban J connectivity index is 1.36. The molecule has 2 N–H and O–H groups in total. The number of alkyl carbamates (subject to hydrolysis) is 1. The summed E-state index contributed by atoms with van der Waals surface area (Å²) in [6.07, 6.45) is 2.43. The molecule has 0 spiro atoms. The first kappa shape index (κ1) is 19.5. The number of carbonyl (C=O) groups is 2. The normalized spacial score (nSPS) is 10.6. The van der Waals surface area contributed by atoms with Crippen LogP contribution in [-0.2, 0) is 22.7 Å². The third kappa shape index (κ3) is 5.36. The van der Waals surface area contributed by atoms with E-state index in [4.69, 9.17) is 4.74 Å². The van der Waals surface area contributed by atoms with Crippen molar-refractivity contribution >= 4 is 28.6 Å². The minimum Gasteiger partial charge on any atom is -0.445 e. The van der Waals surface area contributed by atoms with E-state index in [0.717, 1.165) is 28.7 Å². The summed E-state index contributed by atoms with van der Waals surface area (Å²) in [5.41, 5.74) is 2.86. The average Bonchev–Trinajstić information content (AvgIpc) is 3.13. The zero-order valence-electron chi connectivity index (χ0n) is 16.0. The lowest BCUT2D eigenvalue weighted by Crippen LogP contribution is -2.26. The summed E-state index contributed by atoms with van der Waals surface area (Å²) < 4.78 is 7.29. The molecule has 146 valence electrons. The fourth-order valence-corrected chi connectivity index (χ4v) is 2.99. The molecule has 3 aromatic rings. The van der Waals surface area contributed by atoms with Gasteiger partial charge in [0.15, 0.2) is 0 Å². The number of carbonyl (C=O) groups excluding carboxylic acids is 2. The van der Waals surface area contributed by atoms with E-state index in [1.165, 1.54) is 0 Å². The second kappa shape index (κ2) is 9.60. The molecule has 2 amide bonds. The number of aromatic nitrogens is 1. The lowest BCUT2D eigenvalue weighted by atomic mass is 10.2. The highest BCUT2D eigenvalue weighted by Gasteiger charge is 2.06. The Kier molecular flexibility index (Phi) is 6.68. The van der Waals surface area contributed by atoms with E-state index in [-0.39, 0.29) is 12.5 Å². The number of nitrogens with one attached hydrogen (secondary N) is 2. The minimum absolute atomic E-state index is 0.0753. The summed E-state index contributed by atoms with van der Waals surface area (Å²) in [4.78, 5) is 23.8. The van der Waals surface area contributed by atoms with Gasteiger partial charge in [0.2, 0.25) is 5.91 Å². The lowest BCUT2D eigenvalue weighted by molar-refractivity contribution is -0.116. The number of benzene rings is 2. The van der Waals surface area contributed by atoms with Crippen molar-refractivity contribution in [2.45, 2.75) is 32.9 Å². The molecule has 0 bridgehead atoms. The zero-order chi connectivity index (χ0) is 19.8. The van der Waals surface area contributed by atoms with Gasteiger partial charge in [0.25, 0.3) is 0 Å². The van der Waals surface area contributed by atoms with Crippen molar-refractivity contribution in [3.63, 3.8) is 0 Å². The van der Waals surface area contributed by atoms with Crippen LogP contribution in [0.2, 0.25) is 0 Å². The monoisotopic (exact) mass is 379 g/mol. The van der Waals surface area contributed by atoms with Gasteiger partial charge in [-0.15, -0.1) is 0 Å². The minimum atomic E-state index is -0.477.